The van der Waals surface area contributed by atoms with E-state index in [2.05, 4.69) is 25.2 Å². The third-order valence-corrected chi connectivity index (χ3v) is 4.50. The first kappa shape index (κ1) is 13.1. The number of methoxy groups -OCH3 is 1. The zero-order valence-corrected chi connectivity index (χ0v) is 12.7. The van der Waals surface area contributed by atoms with E-state index in [0.717, 1.165) is 11.8 Å². The average molecular weight is 345 g/mol. The molecule has 2 aliphatic heterocycles. The Labute approximate surface area is 121 Å². The fraction of sp³-hybridized carbons (Fsp3) is 0.571. The fourth-order valence-corrected chi connectivity index (χ4v) is 3.50. The van der Waals surface area contributed by atoms with Crippen molar-refractivity contribution in [1.29, 1.82) is 0 Å². The van der Waals surface area contributed by atoms with Crippen LogP contribution in [0.5, 0.6) is 5.75 Å². The lowest BCUT2D eigenvalue weighted by molar-refractivity contribution is -0.928. The van der Waals surface area contributed by atoms with Gasteiger partial charge in [-0.15, -0.1) is 0 Å². The largest absolute Gasteiger partial charge is 1.00 e. The summed E-state index contributed by atoms with van der Waals surface area (Å²) in [5.74, 6) is 1.01. The number of likely N-dealkylation sites (N-methyl/N-ethyl adjacent to an activating group) is 1. The summed E-state index contributed by atoms with van der Waals surface area (Å²) < 4.78 is 6.57. The van der Waals surface area contributed by atoms with E-state index in [1.165, 1.54) is 42.4 Å². The zero-order valence-electron chi connectivity index (χ0n) is 10.6. The van der Waals surface area contributed by atoms with Crippen LogP contribution in [0.25, 0.3) is 0 Å². The lowest BCUT2D eigenvalue weighted by Gasteiger charge is -2.41. The molecule has 0 bridgehead atoms. The molecule has 1 aromatic rings. The van der Waals surface area contributed by atoms with E-state index in [1.54, 1.807) is 12.7 Å². The molecule has 0 spiro atoms. The molecule has 2 heterocycles. The molecule has 17 heavy (non-hydrogen) atoms. The monoisotopic (exact) mass is 345 g/mol. The van der Waals surface area contributed by atoms with Crippen LogP contribution in [-0.4, -0.2) is 31.7 Å². The minimum absolute atomic E-state index is 0. The molecular weight excluding hydrogens is 325 g/mol. The van der Waals surface area contributed by atoms with Crippen LogP contribution in [0.15, 0.2) is 18.2 Å². The molecule has 0 aliphatic carbocycles. The van der Waals surface area contributed by atoms with Crippen molar-refractivity contribution in [3.8, 4) is 5.75 Å². The van der Waals surface area contributed by atoms with Crippen LogP contribution in [0.2, 0.25) is 0 Å². The minimum Gasteiger partial charge on any atom is -1.00 e. The van der Waals surface area contributed by atoms with Gasteiger partial charge in [-0.05, 0) is 23.8 Å². The Morgan fingerprint density at radius 2 is 2.12 bits per heavy atom. The smallest absolute Gasteiger partial charge is 0.119 e. The Balaban J connectivity index is 0.00000108. The molecule has 0 amide bonds. The summed E-state index contributed by atoms with van der Waals surface area (Å²) in [6, 6.07) is 7.39. The lowest BCUT2D eigenvalue weighted by atomic mass is 9.91. The first-order valence-electron chi connectivity index (χ1n) is 6.24. The molecule has 1 fully saturated rings. The number of quaternary nitrogens is 1. The number of hydrogen-bond donors (Lipinski definition) is 0. The van der Waals surface area contributed by atoms with E-state index in [0.29, 0.717) is 0 Å². The minimum atomic E-state index is 0. The quantitative estimate of drug-likeness (QED) is 0.494. The molecule has 2 nitrogen and oxygen atoms in total. The van der Waals surface area contributed by atoms with E-state index >= 15 is 0 Å². The predicted molar refractivity (Wildman–Crippen MR) is 64.6 cm³/mol. The standard InChI is InChI=1S/C14H20NO.HI/c1-15-8-3-4-14(15)13-6-5-12(16-2)10-11(13)7-9-15;/h5-6,10,14H,3-4,7-9H2,1-2H3;1H/q+1;/p-1. The summed E-state index contributed by atoms with van der Waals surface area (Å²) in [5.41, 5.74) is 3.09. The van der Waals surface area contributed by atoms with E-state index in [4.69, 9.17) is 4.74 Å². The number of halogens is 1. The number of ether oxygens (including phenoxy) is 1. The third kappa shape index (κ3) is 2.08. The lowest BCUT2D eigenvalue weighted by Crippen LogP contribution is -3.00. The normalized spacial score (nSPS) is 30.1. The second kappa shape index (κ2) is 4.76. The Morgan fingerprint density at radius 3 is 2.88 bits per heavy atom. The molecule has 2 aliphatic rings. The molecule has 1 aromatic carbocycles. The van der Waals surface area contributed by atoms with Gasteiger partial charge in [0.05, 0.1) is 27.2 Å². The zero-order chi connectivity index (χ0) is 11.2. The van der Waals surface area contributed by atoms with Crippen molar-refractivity contribution in [1.82, 2.24) is 0 Å². The number of hydrogen-bond acceptors (Lipinski definition) is 1. The van der Waals surface area contributed by atoms with E-state index < -0.39 is 0 Å². The van der Waals surface area contributed by atoms with Crippen molar-refractivity contribution in [2.45, 2.75) is 25.3 Å². The number of nitrogens with zero attached hydrogens (tertiary/aromatic N) is 1. The maximum absolute atomic E-state index is 5.31. The Hall–Kier alpha value is -0.290. The highest BCUT2D eigenvalue weighted by atomic mass is 127. The van der Waals surface area contributed by atoms with Gasteiger partial charge in [0.25, 0.3) is 0 Å². The van der Waals surface area contributed by atoms with E-state index in [1.807, 2.05) is 0 Å². The van der Waals surface area contributed by atoms with Gasteiger partial charge in [0.2, 0.25) is 0 Å². The molecule has 94 valence electrons. The van der Waals surface area contributed by atoms with Gasteiger partial charge in [0, 0.05) is 24.8 Å². The Bertz CT molecular complexity index is 421. The van der Waals surface area contributed by atoms with Gasteiger partial charge >= 0.3 is 0 Å². The highest BCUT2D eigenvalue weighted by Crippen LogP contribution is 2.43. The van der Waals surface area contributed by atoms with Gasteiger partial charge in [0.1, 0.15) is 11.8 Å². The molecule has 1 saturated heterocycles. The van der Waals surface area contributed by atoms with E-state index in [-0.39, 0.29) is 24.0 Å². The molecule has 0 aromatic heterocycles. The highest BCUT2D eigenvalue weighted by Gasteiger charge is 2.42. The molecule has 2 atom stereocenters. The summed E-state index contributed by atoms with van der Waals surface area (Å²) in [6.45, 7) is 2.65. The van der Waals surface area contributed by atoms with Crippen LogP contribution in [0.3, 0.4) is 0 Å². The summed E-state index contributed by atoms with van der Waals surface area (Å²) in [6.07, 6.45) is 3.95. The molecule has 0 N–H and O–H groups in total. The SMILES string of the molecule is COc1ccc2c(c1)CC[N+]1(C)CCCC21.[I-]. The van der Waals surface area contributed by atoms with Crippen molar-refractivity contribution in [2.24, 2.45) is 0 Å². The van der Waals surface area contributed by atoms with Gasteiger partial charge in [-0.2, -0.15) is 0 Å². The van der Waals surface area contributed by atoms with Crippen molar-refractivity contribution < 1.29 is 33.2 Å². The highest BCUT2D eigenvalue weighted by molar-refractivity contribution is 5.38. The van der Waals surface area contributed by atoms with Crippen molar-refractivity contribution >= 4 is 0 Å². The Kier molecular flexibility index (Phi) is 3.69. The van der Waals surface area contributed by atoms with Crippen LogP contribution in [0.1, 0.15) is 30.0 Å². The first-order chi connectivity index (χ1) is 7.73. The van der Waals surface area contributed by atoms with Crippen LogP contribution in [0, 0.1) is 0 Å². The van der Waals surface area contributed by atoms with Gasteiger partial charge in [-0.3, -0.25) is 0 Å². The maximum Gasteiger partial charge on any atom is 0.119 e. The molecule has 2 unspecified atom stereocenters. The van der Waals surface area contributed by atoms with Crippen LogP contribution >= 0.6 is 0 Å². The third-order valence-electron chi connectivity index (χ3n) is 4.50. The van der Waals surface area contributed by atoms with Gasteiger partial charge < -0.3 is 33.2 Å². The molecule has 0 saturated carbocycles. The summed E-state index contributed by atoms with van der Waals surface area (Å²) >= 11 is 0. The van der Waals surface area contributed by atoms with Gasteiger partial charge in [0.15, 0.2) is 0 Å². The topological polar surface area (TPSA) is 9.23 Å². The van der Waals surface area contributed by atoms with Crippen molar-refractivity contribution in [3.05, 3.63) is 29.3 Å². The van der Waals surface area contributed by atoms with Gasteiger partial charge in [-0.25, -0.2) is 0 Å². The Morgan fingerprint density at radius 1 is 1.29 bits per heavy atom. The maximum atomic E-state index is 5.31. The van der Waals surface area contributed by atoms with Crippen LogP contribution in [-0.2, 0) is 6.42 Å². The molecule has 3 heteroatoms. The molecular formula is C14H20INO. The number of fused-ring (bicyclic) bond motifs is 3. The van der Waals surface area contributed by atoms with Crippen molar-refractivity contribution in [2.75, 3.05) is 27.2 Å². The summed E-state index contributed by atoms with van der Waals surface area (Å²) in [5, 5.41) is 0. The van der Waals surface area contributed by atoms with Gasteiger partial charge in [-0.1, -0.05) is 0 Å². The average Bonchev–Trinajstić information content (AvgIpc) is 2.70. The predicted octanol–water partition coefficient (Wildman–Crippen LogP) is -0.463. The van der Waals surface area contributed by atoms with Crippen LogP contribution < -0.4 is 28.7 Å². The molecule has 0 radical (unpaired) electrons. The summed E-state index contributed by atoms with van der Waals surface area (Å²) in [4.78, 5) is 0. The molecule has 3 rings (SSSR count). The number of rotatable bonds is 1. The number of benzene rings is 1. The summed E-state index contributed by atoms with van der Waals surface area (Å²) in [7, 11) is 4.17. The second-order valence-electron chi connectivity index (χ2n) is 5.40. The van der Waals surface area contributed by atoms with Crippen molar-refractivity contribution in [3.63, 3.8) is 0 Å². The van der Waals surface area contributed by atoms with E-state index in [9.17, 15) is 0 Å². The van der Waals surface area contributed by atoms with Crippen LogP contribution in [0.4, 0.5) is 0 Å². The second-order valence-corrected chi connectivity index (χ2v) is 5.40. The first-order valence-corrected chi connectivity index (χ1v) is 6.24. The fourth-order valence-electron chi connectivity index (χ4n) is 3.50.